The van der Waals surface area contributed by atoms with Gasteiger partial charge in [0.1, 0.15) is 0 Å². The van der Waals surface area contributed by atoms with Crippen molar-refractivity contribution in [2.24, 2.45) is 5.92 Å². The summed E-state index contributed by atoms with van der Waals surface area (Å²) in [5, 5.41) is 3.37. The standard InChI is InChI=1S/C8H14BrNS/c1-7(9)4-10-5-8-2-3-11-6-8/h8,10H,1-6H2. The normalized spacial score (nSPS) is 23.9. The zero-order chi connectivity index (χ0) is 8.10. The van der Waals surface area contributed by atoms with Crippen molar-refractivity contribution in [1.29, 1.82) is 0 Å². The quantitative estimate of drug-likeness (QED) is 0.803. The molecule has 1 aliphatic rings. The molecule has 0 aromatic heterocycles. The van der Waals surface area contributed by atoms with E-state index in [-0.39, 0.29) is 0 Å². The Kier molecular flexibility index (Phi) is 4.57. The van der Waals surface area contributed by atoms with E-state index >= 15 is 0 Å². The summed E-state index contributed by atoms with van der Waals surface area (Å²) in [6.45, 7) is 5.82. The van der Waals surface area contributed by atoms with Crippen molar-refractivity contribution < 1.29 is 0 Å². The Hall–Kier alpha value is 0.530. The summed E-state index contributed by atoms with van der Waals surface area (Å²) in [5.41, 5.74) is 0. The van der Waals surface area contributed by atoms with Crippen molar-refractivity contribution in [3.8, 4) is 0 Å². The first-order chi connectivity index (χ1) is 5.29. The van der Waals surface area contributed by atoms with Gasteiger partial charge in [0.25, 0.3) is 0 Å². The van der Waals surface area contributed by atoms with Crippen LogP contribution in [-0.2, 0) is 0 Å². The van der Waals surface area contributed by atoms with Crippen LogP contribution in [0.3, 0.4) is 0 Å². The fourth-order valence-corrected chi connectivity index (χ4v) is 2.64. The molecule has 0 amide bonds. The predicted molar refractivity (Wildman–Crippen MR) is 56.4 cm³/mol. The zero-order valence-corrected chi connectivity index (χ0v) is 9.01. The van der Waals surface area contributed by atoms with Crippen LogP contribution in [-0.4, -0.2) is 24.6 Å². The molecule has 1 N–H and O–H groups in total. The van der Waals surface area contributed by atoms with Gasteiger partial charge in [-0.1, -0.05) is 22.5 Å². The monoisotopic (exact) mass is 235 g/mol. The SMILES string of the molecule is C=C(Br)CNCC1CCSC1. The smallest absolute Gasteiger partial charge is 0.0265 e. The molecule has 0 radical (unpaired) electrons. The third-order valence-electron chi connectivity index (χ3n) is 1.77. The highest BCUT2D eigenvalue weighted by atomic mass is 79.9. The molecule has 1 heterocycles. The van der Waals surface area contributed by atoms with E-state index in [1.807, 2.05) is 0 Å². The van der Waals surface area contributed by atoms with Gasteiger partial charge < -0.3 is 5.32 Å². The van der Waals surface area contributed by atoms with Crippen LogP contribution in [0.25, 0.3) is 0 Å². The van der Waals surface area contributed by atoms with Gasteiger partial charge in [0.15, 0.2) is 0 Å². The Morgan fingerprint density at radius 1 is 1.73 bits per heavy atom. The maximum atomic E-state index is 3.77. The van der Waals surface area contributed by atoms with Crippen LogP contribution in [0, 0.1) is 5.92 Å². The molecule has 1 atom stereocenters. The van der Waals surface area contributed by atoms with E-state index in [1.165, 1.54) is 17.9 Å². The minimum absolute atomic E-state index is 0.895. The van der Waals surface area contributed by atoms with Crippen LogP contribution in [0.1, 0.15) is 6.42 Å². The third kappa shape index (κ3) is 4.19. The fourth-order valence-electron chi connectivity index (χ4n) is 1.16. The van der Waals surface area contributed by atoms with Crippen LogP contribution in [0.5, 0.6) is 0 Å². The summed E-state index contributed by atoms with van der Waals surface area (Å²) in [6, 6.07) is 0. The van der Waals surface area contributed by atoms with Crippen molar-refractivity contribution in [1.82, 2.24) is 5.32 Å². The molecule has 0 aromatic rings. The van der Waals surface area contributed by atoms with Crippen molar-refractivity contribution in [2.45, 2.75) is 6.42 Å². The van der Waals surface area contributed by atoms with Crippen LogP contribution < -0.4 is 5.32 Å². The van der Waals surface area contributed by atoms with E-state index in [4.69, 9.17) is 0 Å². The van der Waals surface area contributed by atoms with Gasteiger partial charge >= 0.3 is 0 Å². The topological polar surface area (TPSA) is 12.0 Å². The second kappa shape index (κ2) is 5.22. The van der Waals surface area contributed by atoms with Crippen LogP contribution in [0.2, 0.25) is 0 Å². The molecular weight excluding hydrogens is 222 g/mol. The third-order valence-corrected chi connectivity index (χ3v) is 3.29. The summed E-state index contributed by atoms with van der Waals surface area (Å²) in [5.74, 6) is 3.58. The van der Waals surface area contributed by atoms with Crippen molar-refractivity contribution in [3.63, 3.8) is 0 Å². The molecule has 0 bridgehead atoms. The minimum Gasteiger partial charge on any atom is -0.312 e. The Labute approximate surface area is 81.1 Å². The van der Waals surface area contributed by atoms with Crippen LogP contribution >= 0.6 is 27.7 Å². The van der Waals surface area contributed by atoms with Gasteiger partial charge in [-0.2, -0.15) is 11.8 Å². The average molecular weight is 236 g/mol. The Morgan fingerprint density at radius 3 is 3.09 bits per heavy atom. The van der Waals surface area contributed by atoms with E-state index < -0.39 is 0 Å². The number of halogens is 1. The van der Waals surface area contributed by atoms with Crippen molar-refractivity contribution >= 4 is 27.7 Å². The Bertz CT molecular complexity index is 132. The average Bonchev–Trinajstić information content (AvgIpc) is 2.39. The number of rotatable bonds is 4. The summed E-state index contributed by atoms with van der Waals surface area (Å²) in [7, 11) is 0. The number of thioether (sulfide) groups is 1. The van der Waals surface area contributed by atoms with E-state index in [0.29, 0.717) is 0 Å². The molecule has 1 saturated heterocycles. The Balaban J connectivity index is 1.98. The van der Waals surface area contributed by atoms with Crippen LogP contribution in [0.15, 0.2) is 11.1 Å². The number of hydrogen-bond donors (Lipinski definition) is 1. The molecule has 1 nitrogen and oxygen atoms in total. The highest BCUT2D eigenvalue weighted by Crippen LogP contribution is 2.22. The predicted octanol–water partition coefficient (Wildman–Crippen LogP) is 2.24. The van der Waals surface area contributed by atoms with Gasteiger partial charge in [0, 0.05) is 11.0 Å². The molecule has 1 aliphatic heterocycles. The lowest BCUT2D eigenvalue weighted by Gasteiger charge is -2.08. The lowest BCUT2D eigenvalue weighted by molar-refractivity contribution is 0.542. The molecule has 0 aliphatic carbocycles. The van der Waals surface area contributed by atoms with Gasteiger partial charge in [-0.15, -0.1) is 0 Å². The van der Waals surface area contributed by atoms with Crippen LogP contribution in [0.4, 0.5) is 0 Å². The van der Waals surface area contributed by atoms with Crippen molar-refractivity contribution in [3.05, 3.63) is 11.1 Å². The second-order valence-electron chi connectivity index (χ2n) is 2.88. The van der Waals surface area contributed by atoms with Gasteiger partial charge in [-0.3, -0.25) is 0 Å². The van der Waals surface area contributed by atoms with Gasteiger partial charge in [0.05, 0.1) is 0 Å². The summed E-state index contributed by atoms with van der Waals surface area (Å²) in [6.07, 6.45) is 1.38. The maximum Gasteiger partial charge on any atom is 0.0265 e. The second-order valence-corrected chi connectivity index (χ2v) is 5.15. The van der Waals surface area contributed by atoms with E-state index in [1.54, 1.807) is 0 Å². The molecule has 3 heteroatoms. The first-order valence-electron chi connectivity index (χ1n) is 3.91. The summed E-state index contributed by atoms with van der Waals surface area (Å²) < 4.78 is 1.04. The maximum absolute atomic E-state index is 3.77. The highest BCUT2D eigenvalue weighted by Gasteiger charge is 2.14. The van der Waals surface area contributed by atoms with Gasteiger partial charge in [0.2, 0.25) is 0 Å². The molecule has 64 valence electrons. The number of hydrogen-bond acceptors (Lipinski definition) is 2. The van der Waals surface area contributed by atoms with E-state index in [9.17, 15) is 0 Å². The first kappa shape index (κ1) is 9.62. The molecule has 11 heavy (non-hydrogen) atoms. The Morgan fingerprint density at radius 2 is 2.55 bits per heavy atom. The highest BCUT2D eigenvalue weighted by molar-refractivity contribution is 9.11. The molecule has 1 rings (SSSR count). The molecule has 0 saturated carbocycles. The molecular formula is C8H14BrNS. The first-order valence-corrected chi connectivity index (χ1v) is 5.85. The lowest BCUT2D eigenvalue weighted by Crippen LogP contribution is -2.23. The largest absolute Gasteiger partial charge is 0.312 e. The fraction of sp³-hybridized carbons (Fsp3) is 0.750. The van der Waals surface area contributed by atoms with Gasteiger partial charge in [-0.05, 0) is 30.4 Å². The molecule has 0 spiro atoms. The van der Waals surface area contributed by atoms with E-state index in [0.717, 1.165) is 23.5 Å². The number of nitrogens with one attached hydrogen (secondary N) is 1. The van der Waals surface area contributed by atoms with Gasteiger partial charge in [-0.25, -0.2) is 0 Å². The molecule has 0 aromatic carbocycles. The molecule has 1 fully saturated rings. The lowest BCUT2D eigenvalue weighted by atomic mass is 10.1. The van der Waals surface area contributed by atoms with Crippen molar-refractivity contribution in [2.75, 3.05) is 24.6 Å². The van der Waals surface area contributed by atoms with E-state index in [2.05, 4.69) is 39.6 Å². The minimum atomic E-state index is 0.895. The summed E-state index contributed by atoms with van der Waals surface area (Å²) in [4.78, 5) is 0. The molecule has 1 unspecified atom stereocenters. The summed E-state index contributed by atoms with van der Waals surface area (Å²) >= 11 is 5.39. The zero-order valence-electron chi connectivity index (χ0n) is 6.61.